The number of nitrogens with one attached hydrogen (secondary N) is 1. The van der Waals surface area contributed by atoms with Crippen molar-refractivity contribution in [1.29, 1.82) is 0 Å². The first-order chi connectivity index (χ1) is 12.6. The number of hydrogen-bond donors (Lipinski definition) is 1. The minimum absolute atomic E-state index is 0.219. The van der Waals surface area contributed by atoms with E-state index in [4.69, 9.17) is 11.6 Å². The molecule has 6 heteroatoms. The van der Waals surface area contributed by atoms with E-state index in [1.165, 1.54) is 12.1 Å². The minimum atomic E-state index is -0.296. The Morgan fingerprint density at radius 2 is 1.92 bits per heavy atom. The van der Waals surface area contributed by atoms with Crippen molar-refractivity contribution in [2.75, 3.05) is 0 Å². The number of fused-ring (bicyclic) bond motifs is 1. The fourth-order valence-corrected chi connectivity index (χ4v) is 3.52. The second-order valence-corrected chi connectivity index (χ2v) is 6.70. The molecule has 1 aromatic heterocycles. The lowest BCUT2D eigenvalue weighted by Crippen LogP contribution is -2.24. The molecule has 4 nitrogen and oxygen atoms in total. The van der Waals surface area contributed by atoms with E-state index in [1.807, 2.05) is 18.2 Å². The second-order valence-electron chi connectivity index (χ2n) is 6.29. The average molecular weight is 370 g/mol. The Kier molecular flexibility index (Phi) is 4.47. The molecule has 0 saturated heterocycles. The molecule has 26 heavy (non-hydrogen) atoms. The summed E-state index contributed by atoms with van der Waals surface area (Å²) in [6, 6.07) is 13.6. The zero-order valence-corrected chi connectivity index (χ0v) is 14.8. The Morgan fingerprint density at radius 3 is 2.69 bits per heavy atom. The van der Waals surface area contributed by atoms with Gasteiger partial charge in [-0.3, -0.25) is 4.79 Å². The lowest BCUT2D eigenvalue weighted by molar-refractivity contribution is 0.0944. The average Bonchev–Trinajstić information content (AvgIpc) is 3.24. The number of nitrogens with zero attached hydrogens (tertiary/aromatic N) is 2. The van der Waals surface area contributed by atoms with E-state index in [9.17, 15) is 9.18 Å². The molecule has 2 aromatic carbocycles. The molecule has 1 N–H and O–H groups in total. The number of amides is 1. The van der Waals surface area contributed by atoms with Gasteiger partial charge in [-0.25, -0.2) is 9.07 Å². The molecule has 4 rings (SSSR count). The van der Waals surface area contributed by atoms with Gasteiger partial charge >= 0.3 is 0 Å². The molecule has 0 radical (unpaired) electrons. The van der Waals surface area contributed by atoms with Gasteiger partial charge in [-0.2, -0.15) is 5.10 Å². The number of hydrogen-bond acceptors (Lipinski definition) is 2. The third-order valence-electron chi connectivity index (χ3n) is 4.61. The van der Waals surface area contributed by atoms with E-state index in [0.29, 0.717) is 17.3 Å². The molecular formula is C20H17ClFN3O. The molecule has 132 valence electrons. The zero-order valence-electron chi connectivity index (χ0n) is 14.0. The standard InChI is InChI=1S/C20H17ClFN3O/c21-17-6-2-1-4-13(17)12-23-20(26)19-16-5-3-7-18(16)25(24-19)15-10-8-14(22)9-11-15/h1-2,4,6,8-11H,3,5,7,12H2,(H,23,26). The van der Waals surface area contributed by atoms with Gasteiger partial charge in [0.2, 0.25) is 0 Å². The fourth-order valence-electron chi connectivity index (χ4n) is 3.32. The number of halogens is 2. The van der Waals surface area contributed by atoms with Crippen molar-refractivity contribution in [1.82, 2.24) is 15.1 Å². The molecule has 1 aliphatic carbocycles. The molecule has 1 heterocycles. The van der Waals surface area contributed by atoms with Crippen LogP contribution in [0.1, 0.15) is 33.7 Å². The van der Waals surface area contributed by atoms with Gasteiger partial charge in [-0.1, -0.05) is 29.8 Å². The lowest BCUT2D eigenvalue weighted by Gasteiger charge is -2.06. The number of aromatic nitrogens is 2. The topological polar surface area (TPSA) is 46.9 Å². The molecule has 3 aromatic rings. The summed E-state index contributed by atoms with van der Waals surface area (Å²) in [6.07, 6.45) is 2.67. The molecule has 0 fully saturated rings. The summed E-state index contributed by atoms with van der Waals surface area (Å²) in [4.78, 5) is 12.7. The number of carbonyl (C=O) groups is 1. The largest absolute Gasteiger partial charge is 0.346 e. The summed E-state index contributed by atoms with van der Waals surface area (Å²) >= 11 is 6.14. The van der Waals surface area contributed by atoms with Gasteiger partial charge in [0.25, 0.3) is 5.91 Å². The van der Waals surface area contributed by atoms with E-state index >= 15 is 0 Å². The van der Waals surface area contributed by atoms with Crippen LogP contribution in [0.3, 0.4) is 0 Å². The Bertz CT molecular complexity index is 966. The minimum Gasteiger partial charge on any atom is -0.346 e. The first-order valence-corrected chi connectivity index (χ1v) is 8.89. The van der Waals surface area contributed by atoms with Crippen molar-refractivity contribution in [3.05, 3.63) is 81.9 Å². The molecule has 0 saturated carbocycles. The van der Waals surface area contributed by atoms with E-state index < -0.39 is 0 Å². The first-order valence-electron chi connectivity index (χ1n) is 8.52. The van der Waals surface area contributed by atoms with Crippen molar-refractivity contribution in [3.8, 4) is 5.69 Å². The summed E-state index contributed by atoms with van der Waals surface area (Å²) in [5.41, 5.74) is 4.06. The quantitative estimate of drug-likeness (QED) is 0.753. The lowest BCUT2D eigenvalue weighted by atomic mass is 10.2. The van der Waals surface area contributed by atoms with Gasteiger partial charge in [-0.05, 0) is 55.2 Å². The molecule has 0 aliphatic heterocycles. The maximum Gasteiger partial charge on any atom is 0.272 e. The normalized spacial score (nSPS) is 12.8. The fraction of sp³-hybridized carbons (Fsp3) is 0.200. The van der Waals surface area contributed by atoms with Crippen LogP contribution >= 0.6 is 11.6 Å². The summed E-state index contributed by atoms with van der Waals surface area (Å²) in [6.45, 7) is 0.344. The van der Waals surface area contributed by atoms with E-state index in [2.05, 4.69) is 10.4 Å². The molecule has 0 bridgehead atoms. The summed E-state index contributed by atoms with van der Waals surface area (Å²) < 4.78 is 15.0. The van der Waals surface area contributed by atoms with E-state index in [-0.39, 0.29) is 11.7 Å². The number of carbonyl (C=O) groups excluding carboxylic acids is 1. The summed E-state index contributed by atoms with van der Waals surface area (Å²) in [7, 11) is 0. The van der Waals surface area contributed by atoms with Gasteiger partial charge in [-0.15, -0.1) is 0 Å². The predicted molar refractivity (Wildman–Crippen MR) is 98.2 cm³/mol. The number of benzene rings is 2. The smallest absolute Gasteiger partial charge is 0.272 e. The Balaban J connectivity index is 1.61. The van der Waals surface area contributed by atoms with Crippen molar-refractivity contribution in [2.24, 2.45) is 0 Å². The molecule has 0 spiro atoms. The SMILES string of the molecule is O=C(NCc1ccccc1Cl)c1nn(-c2ccc(F)cc2)c2c1CCC2. The highest BCUT2D eigenvalue weighted by Gasteiger charge is 2.26. The molecule has 0 atom stereocenters. The Morgan fingerprint density at radius 1 is 1.15 bits per heavy atom. The van der Waals surface area contributed by atoms with Crippen molar-refractivity contribution < 1.29 is 9.18 Å². The van der Waals surface area contributed by atoms with Crippen molar-refractivity contribution in [3.63, 3.8) is 0 Å². The highest BCUT2D eigenvalue weighted by Crippen LogP contribution is 2.28. The van der Waals surface area contributed by atoms with Crippen LogP contribution in [0.25, 0.3) is 5.69 Å². The van der Waals surface area contributed by atoms with Crippen molar-refractivity contribution >= 4 is 17.5 Å². The highest BCUT2D eigenvalue weighted by atomic mass is 35.5. The Hall–Kier alpha value is -2.66. The van der Waals surface area contributed by atoms with Crippen LogP contribution in [0, 0.1) is 5.82 Å². The van der Waals surface area contributed by atoms with Gasteiger partial charge in [0.05, 0.1) is 5.69 Å². The summed E-state index contributed by atoms with van der Waals surface area (Å²) in [5.74, 6) is -0.515. The van der Waals surface area contributed by atoms with Gasteiger partial charge in [0, 0.05) is 22.8 Å². The third-order valence-corrected chi connectivity index (χ3v) is 4.98. The highest BCUT2D eigenvalue weighted by molar-refractivity contribution is 6.31. The van der Waals surface area contributed by atoms with E-state index in [0.717, 1.165) is 41.8 Å². The molecular weight excluding hydrogens is 353 g/mol. The molecule has 0 unspecified atom stereocenters. The zero-order chi connectivity index (χ0) is 18.1. The third kappa shape index (κ3) is 3.10. The van der Waals surface area contributed by atoms with Gasteiger partial charge in [0.15, 0.2) is 5.69 Å². The van der Waals surface area contributed by atoms with Crippen LogP contribution < -0.4 is 5.32 Å². The maximum absolute atomic E-state index is 13.2. The van der Waals surface area contributed by atoms with Gasteiger partial charge in [0.1, 0.15) is 5.82 Å². The van der Waals surface area contributed by atoms with Crippen LogP contribution in [-0.4, -0.2) is 15.7 Å². The second kappa shape index (κ2) is 6.92. The van der Waals surface area contributed by atoms with Crippen LogP contribution in [0.5, 0.6) is 0 Å². The molecule has 1 aliphatic rings. The van der Waals surface area contributed by atoms with Crippen molar-refractivity contribution in [2.45, 2.75) is 25.8 Å². The predicted octanol–water partition coefficient (Wildman–Crippen LogP) is 4.08. The summed E-state index contributed by atoms with van der Waals surface area (Å²) in [5, 5.41) is 8.04. The van der Waals surface area contributed by atoms with Crippen LogP contribution in [0.15, 0.2) is 48.5 Å². The monoisotopic (exact) mass is 369 g/mol. The first kappa shape index (κ1) is 16.8. The van der Waals surface area contributed by atoms with Crippen LogP contribution in [-0.2, 0) is 19.4 Å². The number of rotatable bonds is 4. The molecule has 1 amide bonds. The van der Waals surface area contributed by atoms with Crippen LogP contribution in [0.2, 0.25) is 5.02 Å². The van der Waals surface area contributed by atoms with Gasteiger partial charge < -0.3 is 5.32 Å². The van der Waals surface area contributed by atoms with E-state index in [1.54, 1.807) is 22.9 Å². The van der Waals surface area contributed by atoms with Crippen LogP contribution in [0.4, 0.5) is 4.39 Å². The Labute approximate surface area is 155 Å². The maximum atomic E-state index is 13.2.